The molecule has 7 heteroatoms. The minimum atomic E-state index is -2.55. The highest BCUT2D eigenvalue weighted by Gasteiger charge is 2.25. The summed E-state index contributed by atoms with van der Waals surface area (Å²) in [5.41, 5.74) is 0.0655. The van der Waals surface area contributed by atoms with Crippen LogP contribution < -0.4 is 9.46 Å². The van der Waals surface area contributed by atoms with E-state index in [4.69, 9.17) is 4.74 Å². The Morgan fingerprint density at radius 2 is 2.00 bits per heavy atom. The van der Waals surface area contributed by atoms with E-state index in [1.807, 2.05) is 0 Å². The van der Waals surface area contributed by atoms with Gasteiger partial charge in [0.1, 0.15) is 11.6 Å². The van der Waals surface area contributed by atoms with Crippen molar-refractivity contribution >= 4 is 16.7 Å². The lowest BCUT2D eigenvalue weighted by Crippen LogP contribution is -2.28. The second-order valence-corrected chi connectivity index (χ2v) is 7.10. The van der Waals surface area contributed by atoms with Gasteiger partial charge in [0.2, 0.25) is 10.9 Å². The molecule has 5 nitrogen and oxygen atoms in total. The average Bonchev–Trinajstić information content (AvgIpc) is 2.53. The van der Waals surface area contributed by atoms with Crippen LogP contribution in [0.3, 0.4) is 0 Å². The zero-order chi connectivity index (χ0) is 17.5. The number of halogens is 1. The van der Waals surface area contributed by atoms with Crippen LogP contribution in [0.25, 0.3) is 0 Å². The van der Waals surface area contributed by atoms with Crippen molar-refractivity contribution < 1.29 is 22.3 Å². The number of ether oxygens (including phenoxy) is 1. The van der Waals surface area contributed by atoms with E-state index >= 15 is 0 Å². The number of benzene rings is 1. The summed E-state index contributed by atoms with van der Waals surface area (Å²) in [5, 5.41) is 0. The van der Waals surface area contributed by atoms with Crippen LogP contribution in [0.4, 0.5) is 4.39 Å². The number of Topliss-reactive ketones (excluding diaryl/α,β-unsaturated/α-hetero) is 1. The van der Waals surface area contributed by atoms with Gasteiger partial charge in [0, 0.05) is 12.6 Å². The number of hydrogen-bond acceptors (Lipinski definition) is 4. The number of hydrogen-bond donors (Lipinski definition) is 2. The normalized spacial score (nSPS) is 21.0. The molecule has 0 radical (unpaired) electrons. The summed E-state index contributed by atoms with van der Waals surface area (Å²) >= 11 is 0. The van der Waals surface area contributed by atoms with Gasteiger partial charge in [-0.05, 0) is 43.7 Å². The molecule has 0 spiro atoms. The maximum absolute atomic E-state index is 13.8. The van der Waals surface area contributed by atoms with E-state index in [1.54, 1.807) is 6.07 Å². The Balaban J connectivity index is 1.90. The second kappa shape index (κ2) is 9.13. The maximum Gasteiger partial charge on any atom is 0.201 e. The van der Waals surface area contributed by atoms with Crippen molar-refractivity contribution in [2.75, 3.05) is 13.2 Å². The van der Waals surface area contributed by atoms with Crippen LogP contribution in [0.5, 0.6) is 5.75 Å². The van der Waals surface area contributed by atoms with Crippen LogP contribution in [-0.2, 0) is 10.9 Å². The number of carbonyl (C=O) groups is 1. The molecule has 0 bridgehead atoms. The van der Waals surface area contributed by atoms with Crippen LogP contribution >= 0.6 is 0 Å². The van der Waals surface area contributed by atoms with Crippen LogP contribution in [0.1, 0.15) is 49.4 Å². The number of ketones is 1. The summed E-state index contributed by atoms with van der Waals surface area (Å²) in [6.45, 7) is 2.25. The van der Waals surface area contributed by atoms with Gasteiger partial charge in [0.05, 0.1) is 12.2 Å². The quantitative estimate of drug-likeness (QED) is 0.554. The highest BCUT2D eigenvalue weighted by atomic mass is 32.2. The number of nitrogens with one attached hydrogen (secondary N) is 1. The molecule has 1 saturated carbocycles. The van der Waals surface area contributed by atoms with Gasteiger partial charge in [0.25, 0.3) is 0 Å². The summed E-state index contributed by atoms with van der Waals surface area (Å²) in [6, 6.07) is 4.31. The first-order valence-electron chi connectivity index (χ1n) is 8.28. The van der Waals surface area contributed by atoms with Gasteiger partial charge < -0.3 is 4.74 Å². The van der Waals surface area contributed by atoms with Gasteiger partial charge in [0.15, 0.2) is 5.78 Å². The van der Waals surface area contributed by atoms with Crippen LogP contribution in [0.2, 0.25) is 0 Å². The van der Waals surface area contributed by atoms with Crippen molar-refractivity contribution in [3.05, 3.63) is 29.6 Å². The van der Waals surface area contributed by atoms with Crippen LogP contribution in [-0.4, -0.2) is 27.4 Å². The molecular formula is C17H24FNO4S. The molecule has 0 heterocycles. The van der Waals surface area contributed by atoms with E-state index in [1.165, 1.54) is 19.1 Å². The standard InChI is InChI=1S/C17H24FNO4S/c1-12(20)16-7-6-15(10-17(16)18)23-11-14-5-3-2-4-13(14)8-9-19-24(21)22/h6-7,10,13-14,24H,2-5,8-9,11H2,1H3,(H,19,21,22). The summed E-state index contributed by atoms with van der Waals surface area (Å²) < 4.78 is 43.2. The van der Waals surface area contributed by atoms with E-state index in [0.717, 1.165) is 32.1 Å². The summed E-state index contributed by atoms with van der Waals surface area (Å²) in [5.74, 6) is 0.282. The van der Waals surface area contributed by atoms with Crippen molar-refractivity contribution in [2.24, 2.45) is 11.8 Å². The Labute approximate surface area is 143 Å². The molecule has 2 atom stereocenters. The van der Waals surface area contributed by atoms with Crippen molar-refractivity contribution in [3.8, 4) is 5.75 Å². The lowest BCUT2D eigenvalue weighted by Gasteiger charge is -2.31. The Kier molecular flexibility index (Phi) is 7.17. The largest absolute Gasteiger partial charge is 0.493 e. The van der Waals surface area contributed by atoms with E-state index in [2.05, 4.69) is 4.72 Å². The molecule has 2 rings (SSSR count). The third-order valence-corrected chi connectivity index (χ3v) is 5.09. The molecule has 0 aromatic heterocycles. The minimum absolute atomic E-state index is 0.0655. The summed E-state index contributed by atoms with van der Waals surface area (Å²) in [4.78, 5) is 11.2. The SMILES string of the molecule is CC(=O)c1ccc(OCC2CCCCC2CCN[SH](=O)=O)cc1F. The molecule has 134 valence electrons. The van der Waals surface area contributed by atoms with Crippen molar-refractivity contribution in [2.45, 2.75) is 39.0 Å². The van der Waals surface area contributed by atoms with E-state index < -0.39 is 16.7 Å². The lowest BCUT2D eigenvalue weighted by atomic mass is 9.78. The molecule has 0 aliphatic heterocycles. The zero-order valence-corrected chi connectivity index (χ0v) is 14.7. The first-order chi connectivity index (χ1) is 11.5. The van der Waals surface area contributed by atoms with Crippen molar-refractivity contribution in [1.82, 2.24) is 4.72 Å². The Morgan fingerprint density at radius 1 is 1.29 bits per heavy atom. The molecule has 1 fully saturated rings. The predicted molar refractivity (Wildman–Crippen MR) is 90.3 cm³/mol. The Bertz CT molecular complexity index is 639. The fourth-order valence-electron chi connectivity index (χ4n) is 3.30. The fraction of sp³-hybridized carbons (Fsp3) is 0.588. The molecule has 1 aromatic rings. The van der Waals surface area contributed by atoms with Crippen LogP contribution in [0.15, 0.2) is 18.2 Å². The third-order valence-electron chi connectivity index (χ3n) is 4.61. The van der Waals surface area contributed by atoms with E-state index in [0.29, 0.717) is 30.7 Å². The maximum atomic E-state index is 13.8. The highest BCUT2D eigenvalue weighted by molar-refractivity contribution is 7.70. The zero-order valence-electron chi connectivity index (χ0n) is 13.8. The van der Waals surface area contributed by atoms with Gasteiger partial charge >= 0.3 is 0 Å². The first kappa shape index (κ1) is 18.9. The van der Waals surface area contributed by atoms with Crippen LogP contribution in [0, 0.1) is 17.7 Å². The summed E-state index contributed by atoms with van der Waals surface area (Å²) in [7, 11) is -2.55. The molecule has 1 aliphatic rings. The summed E-state index contributed by atoms with van der Waals surface area (Å²) in [6.07, 6.45) is 5.15. The lowest BCUT2D eigenvalue weighted by molar-refractivity contribution is 0.101. The Hall–Kier alpha value is -1.47. The molecular weight excluding hydrogens is 333 g/mol. The van der Waals surface area contributed by atoms with Gasteiger partial charge in [-0.15, -0.1) is 0 Å². The van der Waals surface area contributed by atoms with Crippen molar-refractivity contribution in [1.29, 1.82) is 0 Å². The number of carbonyl (C=O) groups excluding carboxylic acids is 1. The van der Waals surface area contributed by atoms with Gasteiger partial charge in [-0.2, -0.15) is 0 Å². The molecule has 0 amide bonds. The third kappa shape index (κ3) is 5.56. The Morgan fingerprint density at radius 3 is 2.62 bits per heavy atom. The minimum Gasteiger partial charge on any atom is -0.493 e. The smallest absolute Gasteiger partial charge is 0.201 e. The monoisotopic (exact) mass is 357 g/mol. The first-order valence-corrected chi connectivity index (χ1v) is 9.46. The molecule has 1 aromatic carbocycles. The fourth-order valence-corrected chi connectivity index (χ4v) is 3.61. The molecule has 2 unspecified atom stereocenters. The molecule has 1 aliphatic carbocycles. The van der Waals surface area contributed by atoms with E-state index in [9.17, 15) is 17.6 Å². The molecule has 24 heavy (non-hydrogen) atoms. The number of rotatable bonds is 8. The highest BCUT2D eigenvalue weighted by Crippen LogP contribution is 2.32. The topological polar surface area (TPSA) is 72.5 Å². The average molecular weight is 357 g/mol. The van der Waals surface area contributed by atoms with Gasteiger partial charge in [-0.1, -0.05) is 19.3 Å². The predicted octanol–water partition coefficient (Wildman–Crippen LogP) is 2.72. The molecule has 0 saturated heterocycles. The van der Waals surface area contributed by atoms with E-state index in [-0.39, 0.29) is 11.3 Å². The van der Waals surface area contributed by atoms with Gasteiger partial charge in [-0.3, -0.25) is 4.79 Å². The van der Waals surface area contributed by atoms with Gasteiger partial charge in [-0.25, -0.2) is 17.5 Å². The van der Waals surface area contributed by atoms with Crippen molar-refractivity contribution in [3.63, 3.8) is 0 Å². The number of thiol groups is 1. The molecule has 1 N–H and O–H groups in total. The second-order valence-electron chi connectivity index (χ2n) is 6.27.